The summed E-state index contributed by atoms with van der Waals surface area (Å²) < 4.78 is 25.7. The first-order valence-corrected chi connectivity index (χ1v) is 18.8. The molecule has 5 unspecified atom stereocenters. The Morgan fingerprint density at radius 3 is 2.29 bits per heavy atom. The van der Waals surface area contributed by atoms with E-state index in [1.807, 2.05) is 6.92 Å². The maximum absolute atomic E-state index is 13.9. The van der Waals surface area contributed by atoms with E-state index in [1.165, 1.54) is 6.42 Å². The van der Waals surface area contributed by atoms with Gasteiger partial charge in [0.2, 0.25) is 6.10 Å². The van der Waals surface area contributed by atoms with Crippen LogP contribution in [0.1, 0.15) is 113 Å². The van der Waals surface area contributed by atoms with Crippen LogP contribution in [0.2, 0.25) is 0 Å². The van der Waals surface area contributed by atoms with Crippen LogP contribution in [-0.4, -0.2) is 53.8 Å². The number of hydrogen-bond acceptors (Lipinski definition) is 7. The number of rotatable bonds is 10. The Kier molecular flexibility index (Phi) is 10.7. The molecular formula is C37H57BrO7. The van der Waals surface area contributed by atoms with Gasteiger partial charge in [0.1, 0.15) is 12.2 Å². The minimum absolute atomic E-state index is 0.00846. The second-order valence-corrected chi connectivity index (χ2v) is 16.8. The molecule has 1 heterocycles. The van der Waals surface area contributed by atoms with Gasteiger partial charge in [0.25, 0.3) is 0 Å². The summed E-state index contributed by atoms with van der Waals surface area (Å²) in [4.78, 5) is 41.1. The normalized spacial score (nSPS) is 39.3. The smallest absolute Gasteiger partial charge is 0.348 e. The van der Waals surface area contributed by atoms with Crippen molar-refractivity contribution in [1.29, 1.82) is 0 Å². The summed E-state index contributed by atoms with van der Waals surface area (Å²) in [6.45, 7) is 17.2. The molecule has 0 bridgehead atoms. The number of esters is 2. The SMILES string of the molecule is CC1=CC(=O)[C@@H](OC(CBr)OC2CCCCC2)[C@@]2(C)C1C[C@H]1OC(=O)C(OC(=O)CC(C(C)C)C(C)C)C3[C@@H](C)CCC2[C@]31C. The van der Waals surface area contributed by atoms with Gasteiger partial charge in [-0.25, -0.2) is 4.79 Å². The monoisotopic (exact) mass is 692 g/mol. The summed E-state index contributed by atoms with van der Waals surface area (Å²) in [5.74, 6) is 0.0733. The molecule has 8 heteroatoms. The number of halogens is 1. The molecule has 254 valence electrons. The van der Waals surface area contributed by atoms with Gasteiger partial charge in [0.05, 0.1) is 11.4 Å². The van der Waals surface area contributed by atoms with Crippen LogP contribution < -0.4 is 0 Å². The number of hydrogen-bond donors (Lipinski definition) is 0. The molecule has 0 N–H and O–H groups in total. The second kappa shape index (κ2) is 13.7. The lowest BCUT2D eigenvalue weighted by molar-refractivity contribution is -0.283. The number of carbonyl (C=O) groups is 3. The van der Waals surface area contributed by atoms with Crippen LogP contribution in [0.25, 0.3) is 0 Å². The van der Waals surface area contributed by atoms with E-state index in [0.717, 1.165) is 44.1 Å². The molecule has 7 nitrogen and oxygen atoms in total. The topological polar surface area (TPSA) is 88.1 Å². The van der Waals surface area contributed by atoms with Crippen molar-refractivity contribution in [3.05, 3.63) is 11.6 Å². The predicted molar refractivity (Wildman–Crippen MR) is 176 cm³/mol. The van der Waals surface area contributed by atoms with Crippen molar-refractivity contribution in [2.45, 2.75) is 144 Å². The van der Waals surface area contributed by atoms with E-state index in [4.69, 9.17) is 18.9 Å². The predicted octanol–water partition coefficient (Wildman–Crippen LogP) is 7.82. The lowest BCUT2D eigenvalue weighted by Gasteiger charge is -2.68. The van der Waals surface area contributed by atoms with E-state index in [9.17, 15) is 14.4 Å². The van der Waals surface area contributed by atoms with Crippen molar-refractivity contribution in [1.82, 2.24) is 0 Å². The van der Waals surface area contributed by atoms with Crippen molar-refractivity contribution in [3.8, 4) is 0 Å². The zero-order valence-corrected chi connectivity index (χ0v) is 30.4. The summed E-state index contributed by atoms with van der Waals surface area (Å²) in [6.07, 6.45) is 7.71. The van der Waals surface area contributed by atoms with E-state index < -0.39 is 35.3 Å². The van der Waals surface area contributed by atoms with Gasteiger partial charge < -0.3 is 18.9 Å². The number of ether oxygens (including phenoxy) is 4. The highest BCUT2D eigenvalue weighted by Crippen LogP contribution is 2.69. The van der Waals surface area contributed by atoms with Gasteiger partial charge in [-0.05, 0) is 80.6 Å². The van der Waals surface area contributed by atoms with Crippen molar-refractivity contribution < 1.29 is 33.3 Å². The number of alkyl halides is 1. The van der Waals surface area contributed by atoms with Gasteiger partial charge in [-0.3, -0.25) is 9.59 Å². The Morgan fingerprint density at radius 1 is 1.00 bits per heavy atom. The number of fused-ring (bicyclic) bond motifs is 2. The quantitative estimate of drug-likeness (QED) is 0.131. The molecule has 1 aliphatic heterocycles. The lowest BCUT2D eigenvalue weighted by Crippen LogP contribution is -2.71. The average Bonchev–Trinajstić information content (AvgIpc) is 2.97. The third-order valence-corrected chi connectivity index (χ3v) is 13.4. The van der Waals surface area contributed by atoms with E-state index in [1.54, 1.807) is 6.08 Å². The highest BCUT2D eigenvalue weighted by Gasteiger charge is 2.71. The van der Waals surface area contributed by atoms with Crippen molar-refractivity contribution in [2.24, 2.45) is 52.3 Å². The van der Waals surface area contributed by atoms with E-state index in [0.29, 0.717) is 23.6 Å². The zero-order valence-electron chi connectivity index (χ0n) is 28.8. The van der Waals surface area contributed by atoms with Crippen LogP contribution in [0, 0.1) is 52.3 Å². The molecule has 5 rings (SSSR count). The van der Waals surface area contributed by atoms with Crippen molar-refractivity contribution in [2.75, 3.05) is 5.33 Å². The first-order chi connectivity index (χ1) is 21.2. The first kappa shape index (κ1) is 35.1. The van der Waals surface area contributed by atoms with E-state index in [-0.39, 0.29) is 60.0 Å². The highest BCUT2D eigenvalue weighted by molar-refractivity contribution is 9.09. The molecule has 0 amide bonds. The molecule has 0 aromatic heterocycles. The minimum atomic E-state index is -0.947. The number of allylic oxidation sites excluding steroid dienone is 1. The summed E-state index contributed by atoms with van der Waals surface area (Å²) in [5.41, 5.74) is 0.0145. The molecule has 10 atom stereocenters. The molecule has 4 fully saturated rings. The molecule has 0 radical (unpaired) electrons. The largest absolute Gasteiger partial charge is 0.459 e. The Labute approximate surface area is 279 Å². The van der Waals surface area contributed by atoms with Gasteiger partial charge in [-0.1, -0.05) is 89.2 Å². The Hall–Kier alpha value is -1.25. The molecule has 45 heavy (non-hydrogen) atoms. The number of ketones is 1. The van der Waals surface area contributed by atoms with Gasteiger partial charge in [0.15, 0.2) is 12.1 Å². The highest BCUT2D eigenvalue weighted by atomic mass is 79.9. The van der Waals surface area contributed by atoms with Crippen molar-refractivity contribution in [3.63, 3.8) is 0 Å². The molecule has 0 spiro atoms. The van der Waals surface area contributed by atoms with E-state index in [2.05, 4.69) is 64.4 Å². The molecule has 3 saturated carbocycles. The standard InChI is InChI=1S/C37H57BrO7/c1-20(2)25(21(3)4)17-30(40)44-33-32-22(5)14-15-28-36(7)26(18-29(37(28,32)8)43-35(33)41)23(6)16-27(39)34(36)45-31(19-38)42-24-12-10-9-11-13-24/h16,20-22,24-26,28-29,31-34H,9-15,17-19H2,1-8H3/t22-,26?,28?,29+,31?,32?,33?,34+,36-,37-/m0/s1. The third-order valence-electron chi connectivity index (χ3n) is 12.9. The Morgan fingerprint density at radius 2 is 1.67 bits per heavy atom. The lowest BCUT2D eigenvalue weighted by atomic mass is 9.39. The van der Waals surface area contributed by atoms with Crippen molar-refractivity contribution >= 4 is 33.7 Å². The van der Waals surface area contributed by atoms with Crippen LogP contribution in [0.15, 0.2) is 11.6 Å². The third kappa shape index (κ3) is 6.35. The van der Waals surface area contributed by atoms with E-state index >= 15 is 0 Å². The van der Waals surface area contributed by atoms with Gasteiger partial charge in [-0.15, -0.1) is 0 Å². The first-order valence-electron chi connectivity index (χ1n) is 17.7. The summed E-state index contributed by atoms with van der Waals surface area (Å²) in [5, 5.41) is 0.490. The van der Waals surface area contributed by atoms with Gasteiger partial charge in [0, 0.05) is 23.2 Å². The molecule has 4 aliphatic carbocycles. The zero-order chi connectivity index (χ0) is 32.8. The van der Waals surface area contributed by atoms with Gasteiger partial charge >= 0.3 is 11.9 Å². The maximum Gasteiger partial charge on any atom is 0.348 e. The van der Waals surface area contributed by atoms with Crippen LogP contribution in [0.4, 0.5) is 0 Å². The maximum atomic E-state index is 13.9. The molecule has 0 aromatic carbocycles. The fourth-order valence-electron chi connectivity index (χ4n) is 10.7. The van der Waals surface area contributed by atoms with Crippen LogP contribution in [-0.2, 0) is 33.3 Å². The number of carbonyl (C=O) groups excluding carboxylic acids is 3. The average molecular weight is 694 g/mol. The fraction of sp³-hybridized carbons (Fsp3) is 0.865. The van der Waals surface area contributed by atoms with Crippen LogP contribution in [0.5, 0.6) is 0 Å². The summed E-state index contributed by atoms with van der Waals surface area (Å²) in [6, 6.07) is 0. The summed E-state index contributed by atoms with van der Waals surface area (Å²) in [7, 11) is 0. The van der Waals surface area contributed by atoms with Crippen LogP contribution >= 0.6 is 15.9 Å². The van der Waals surface area contributed by atoms with Gasteiger partial charge in [-0.2, -0.15) is 0 Å². The second-order valence-electron chi connectivity index (χ2n) is 16.1. The Bertz CT molecular complexity index is 1140. The fourth-order valence-corrected chi connectivity index (χ4v) is 11.0. The van der Waals surface area contributed by atoms with Crippen LogP contribution in [0.3, 0.4) is 0 Å². The molecular weight excluding hydrogens is 636 g/mol. The molecule has 0 aromatic rings. The Balaban J connectivity index is 1.46. The molecule has 1 saturated heterocycles. The summed E-state index contributed by atoms with van der Waals surface area (Å²) >= 11 is 3.62. The molecule has 5 aliphatic rings. The minimum Gasteiger partial charge on any atom is -0.459 e.